The zero-order chi connectivity index (χ0) is 53.6. The Balaban J connectivity index is 0.000000124. The van der Waals surface area contributed by atoms with Crippen molar-refractivity contribution in [3.8, 4) is 0 Å². The molecule has 12 rings (SSSR count). The summed E-state index contributed by atoms with van der Waals surface area (Å²) in [5, 5.41) is 4.81. The molecule has 8 aromatic carbocycles. The first-order valence-corrected chi connectivity index (χ1v) is 28.8. The highest BCUT2D eigenvalue weighted by molar-refractivity contribution is 6.43. The van der Waals surface area contributed by atoms with Gasteiger partial charge in [0.2, 0.25) is 0 Å². The molecular formula is C64H60Cl8N4. The highest BCUT2D eigenvalue weighted by atomic mass is 35.5. The molecule has 0 amide bonds. The van der Waals surface area contributed by atoms with Crippen molar-refractivity contribution in [2.45, 2.75) is 99.2 Å². The summed E-state index contributed by atoms with van der Waals surface area (Å²) in [7, 11) is 0. The minimum Gasteiger partial charge on any atom is -0.327 e. The van der Waals surface area contributed by atoms with Crippen LogP contribution in [0.5, 0.6) is 0 Å². The van der Waals surface area contributed by atoms with Crippen molar-refractivity contribution >= 4 is 92.8 Å². The number of halogens is 8. The van der Waals surface area contributed by atoms with E-state index in [0.29, 0.717) is 63.9 Å². The lowest BCUT2D eigenvalue weighted by Crippen LogP contribution is -2.30. The lowest BCUT2D eigenvalue weighted by molar-refractivity contribution is 0.531. The molecule has 12 heteroatoms. The third-order valence-corrected chi connectivity index (χ3v) is 18.1. The number of benzene rings is 8. The van der Waals surface area contributed by atoms with Gasteiger partial charge in [-0.15, -0.1) is 0 Å². The van der Waals surface area contributed by atoms with E-state index >= 15 is 0 Å². The molecule has 8 atom stereocenters. The maximum absolute atomic E-state index is 6.19. The van der Waals surface area contributed by atoms with E-state index in [1.165, 1.54) is 66.8 Å². The smallest absolute Gasteiger partial charge is 0.0595 e. The molecule has 0 spiro atoms. The zero-order valence-electron chi connectivity index (χ0n) is 41.8. The molecule has 0 radical (unpaired) electrons. The van der Waals surface area contributed by atoms with Crippen molar-refractivity contribution in [1.82, 2.24) is 0 Å². The Morgan fingerprint density at radius 3 is 0.645 bits per heavy atom. The number of hydrogen-bond donors (Lipinski definition) is 4. The Kier molecular flexibility index (Phi) is 19.2. The van der Waals surface area contributed by atoms with E-state index in [0.717, 1.165) is 51.4 Å². The average molecular weight is 1170 g/mol. The standard InChI is InChI=1S/4C16H15Cl2N/c4*17-15-6-5-11(8-16(15)18)14-9-12(19)7-10-3-1-2-4-13(10)14/h4*1-6,8,12,14H,7,9,19H2/t2*12-,14+;2*12-,14-/m1010/s1. The van der Waals surface area contributed by atoms with Crippen LogP contribution in [-0.2, 0) is 25.7 Å². The molecule has 0 fully saturated rings. The quantitative estimate of drug-likeness (QED) is 0.141. The van der Waals surface area contributed by atoms with Crippen molar-refractivity contribution in [1.29, 1.82) is 0 Å². The predicted molar refractivity (Wildman–Crippen MR) is 324 cm³/mol. The molecule has 8 aromatic rings. The molecule has 4 aliphatic carbocycles. The third kappa shape index (κ3) is 13.7. The number of fused-ring (bicyclic) bond motifs is 4. The topological polar surface area (TPSA) is 104 Å². The molecule has 76 heavy (non-hydrogen) atoms. The Labute approximate surface area is 487 Å². The molecule has 8 N–H and O–H groups in total. The molecule has 0 bridgehead atoms. The van der Waals surface area contributed by atoms with Gasteiger partial charge in [-0.1, -0.05) is 214 Å². The van der Waals surface area contributed by atoms with Crippen molar-refractivity contribution < 1.29 is 0 Å². The summed E-state index contributed by atoms with van der Waals surface area (Å²) in [5.74, 6) is 1.26. The molecule has 0 saturated heterocycles. The largest absolute Gasteiger partial charge is 0.327 e. The van der Waals surface area contributed by atoms with Gasteiger partial charge in [0.25, 0.3) is 0 Å². The Morgan fingerprint density at radius 2 is 0.447 bits per heavy atom. The third-order valence-electron chi connectivity index (χ3n) is 15.2. The second-order valence-corrected chi connectivity index (χ2v) is 23.8. The van der Waals surface area contributed by atoms with Gasteiger partial charge in [-0.25, -0.2) is 0 Å². The van der Waals surface area contributed by atoms with Gasteiger partial charge < -0.3 is 22.9 Å². The summed E-state index contributed by atoms with van der Waals surface area (Å²) in [4.78, 5) is 0. The summed E-state index contributed by atoms with van der Waals surface area (Å²) in [6.45, 7) is 0. The minimum absolute atomic E-state index is 0.203. The molecule has 4 aliphatic rings. The molecule has 0 aliphatic heterocycles. The van der Waals surface area contributed by atoms with Crippen LogP contribution in [0.4, 0.5) is 0 Å². The Bertz CT molecular complexity index is 2870. The monoisotopic (exact) mass is 1160 g/mol. The predicted octanol–water partition coefficient (Wildman–Crippen LogP) is 17.6. The molecule has 0 saturated carbocycles. The van der Waals surface area contributed by atoms with Gasteiger partial charge in [-0.2, -0.15) is 0 Å². The minimum atomic E-state index is 0.203. The second kappa shape index (κ2) is 25.8. The maximum atomic E-state index is 6.19. The van der Waals surface area contributed by atoms with Gasteiger partial charge in [-0.3, -0.25) is 0 Å². The maximum Gasteiger partial charge on any atom is 0.0595 e. The van der Waals surface area contributed by atoms with E-state index in [-0.39, 0.29) is 24.2 Å². The van der Waals surface area contributed by atoms with Crippen LogP contribution in [0.2, 0.25) is 40.2 Å². The SMILES string of the molecule is N[C@@H]1Cc2ccccc2[C@@H](c2ccc(Cl)c(Cl)c2)C1.N[C@@H]1Cc2ccccc2[C@H](c2ccc(Cl)c(Cl)c2)C1.N[C@H]1Cc2ccccc2[C@@H](c2ccc(Cl)c(Cl)c2)C1.N[C@H]1Cc2ccccc2[C@H](c2ccc(Cl)c(Cl)c2)C1. The van der Waals surface area contributed by atoms with E-state index in [4.69, 9.17) is 116 Å². The number of hydrogen-bond acceptors (Lipinski definition) is 4. The first-order chi connectivity index (χ1) is 36.6. The van der Waals surface area contributed by atoms with E-state index in [1.54, 1.807) is 0 Å². The van der Waals surface area contributed by atoms with Gasteiger partial charge in [-0.05, 0) is 167 Å². The van der Waals surface area contributed by atoms with Gasteiger partial charge >= 0.3 is 0 Å². The van der Waals surface area contributed by atoms with Gasteiger partial charge in [0.1, 0.15) is 0 Å². The van der Waals surface area contributed by atoms with E-state index in [9.17, 15) is 0 Å². The summed E-state index contributed by atoms with van der Waals surface area (Å²) in [5.41, 5.74) is 40.3. The molecule has 4 nitrogen and oxygen atoms in total. The van der Waals surface area contributed by atoms with Crippen molar-refractivity contribution in [3.05, 3.63) is 277 Å². The summed E-state index contributed by atoms with van der Waals surface area (Å²) < 4.78 is 0. The van der Waals surface area contributed by atoms with E-state index in [1.807, 2.05) is 72.8 Å². The highest BCUT2D eigenvalue weighted by Gasteiger charge is 2.30. The zero-order valence-corrected chi connectivity index (χ0v) is 47.8. The fraction of sp³-hybridized carbons (Fsp3) is 0.250. The van der Waals surface area contributed by atoms with E-state index in [2.05, 4.69) is 97.1 Å². The lowest BCUT2D eigenvalue weighted by atomic mass is 9.77. The van der Waals surface area contributed by atoms with Crippen LogP contribution in [0, 0.1) is 0 Å². The summed E-state index contributed by atoms with van der Waals surface area (Å²) >= 11 is 48.5. The van der Waals surface area contributed by atoms with Crippen LogP contribution < -0.4 is 22.9 Å². The Hall–Kier alpha value is -4.08. The first kappa shape index (κ1) is 56.6. The molecule has 392 valence electrons. The second-order valence-electron chi connectivity index (χ2n) is 20.5. The summed E-state index contributed by atoms with van der Waals surface area (Å²) in [6.07, 6.45) is 7.62. The van der Waals surface area contributed by atoms with Crippen LogP contribution in [0.3, 0.4) is 0 Å². The molecule has 0 heterocycles. The first-order valence-electron chi connectivity index (χ1n) is 25.7. The highest BCUT2D eigenvalue weighted by Crippen LogP contribution is 2.42. The molecular weight excluding hydrogens is 1110 g/mol. The average Bonchev–Trinajstić information content (AvgIpc) is 3.42. The van der Waals surface area contributed by atoms with Crippen molar-refractivity contribution in [2.24, 2.45) is 22.9 Å². The van der Waals surface area contributed by atoms with E-state index < -0.39 is 0 Å². The number of rotatable bonds is 4. The van der Waals surface area contributed by atoms with Crippen LogP contribution in [0.15, 0.2) is 170 Å². The number of nitrogens with two attached hydrogens (primary N) is 4. The van der Waals surface area contributed by atoms with Crippen LogP contribution in [-0.4, -0.2) is 24.2 Å². The lowest BCUT2D eigenvalue weighted by Gasteiger charge is -2.30. The van der Waals surface area contributed by atoms with Gasteiger partial charge in [0.15, 0.2) is 0 Å². The van der Waals surface area contributed by atoms with Gasteiger partial charge in [0.05, 0.1) is 40.2 Å². The fourth-order valence-electron chi connectivity index (χ4n) is 11.6. The Morgan fingerprint density at radius 1 is 0.250 bits per heavy atom. The van der Waals surface area contributed by atoms with Crippen molar-refractivity contribution in [2.75, 3.05) is 0 Å². The molecule has 0 unspecified atom stereocenters. The molecule has 0 aromatic heterocycles. The van der Waals surface area contributed by atoms with Gasteiger partial charge in [0, 0.05) is 47.8 Å². The fourth-order valence-corrected chi connectivity index (χ4v) is 12.8. The van der Waals surface area contributed by atoms with Crippen molar-refractivity contribution in [3.63, 3.8) is 0 Å². The van der Waals surface area contributed by atoms with Crippen LogP contribution >= 0.6 is 92.8 Å². The normalized spacial score (nSPS) is 22.1. The summed E-state index contributed by atoms with van der Waals surface area (Å²) in [6, 6.07) is 58.3. The van der Waals surface area contributed by atoms with Crippen LogP contribution in [0.25, 0.3) is 0 Å². The van der Waals surface area contributed by atoms with Crippen LogP contribution in [0.1, 0.15) is 116 Å².